The number of carboxylic acid groups (broad SMARTS) is 1. The van der Waals surface area contributed by atoms with Crippen molar-refractivity contribution in [1.29, 1.82) is 0 Å². The quantitative estimate of drug-likeness (QED) is 0.479. The fraction of sp³-hybridized carbons (Fsp3) is 0.214. The molecule has 0 aromatic heterocycles. The van der Waals surface area contributed by atoms with Crippen molar-refractivity contribution >= 4 is 63.5 Å². The number of nitrogen functional groups attached to an aromatic ring is 1. The van der Waals surface area contributed by atoms with E-state index in [0.29, 0.717) is 38.5 Å². The number of nitrogens with zero attached hydrogens (tertiary/aromatic N) is 1. The fourth-order valence-electron chi connectivity index (χ4n) is 1.89. The maximum absolute atomic E-state index is 12.3. The van der Waals surface area contributed by atoms with Crippen molar-refractivity contribution in [2.24, 2.45) is 0 Å². The Kier molecular flexibility index (Phi) is 5.44. The molecule has 1 amide bonds. The van der Waals surface area contributed by atoms with Gasteiger partial charge in [-0.05, 0) is 30.7 Å². The summed E-state index contributed by atoms with van der Waals surface area (Å²) in [5, 5.41) is 9.17. The number of hydrogen-bond acceptors (Lipinski definition) is 5. The number of thiocarbonyl (C=S) groups is 1. The number of benzene rings is 1. The van der Waals surface area contributed by atoms with Crippen LogP contribution in [0.3, 0.4) is 0 Å². The minimum atomic E-state index is -0.896. The number of amides is 1. The van der Waals surface area contributed by atoms with E-state index in [1.54, 1.807) is 24.3 Å². The van der Waals surface area contributed by atoms with Crippen molar-refractivity contribution in [2.45, 2.75) is 12.8 Å². The summed E-state index contributed by atoms with van der Waals surface area (Å²) in [6.07, 6.45) is 2.00. The van der Waals surface area contributed by atoms with Crippen LogP contribution in [0.5, 0.6) is 0 Å². The van der Waals surface area contributed by atoms with Crippen molar-refractivity contribution in [3.8, 4) is 0 Å². The third-order valence-electron chi connectivity index (χ3n) is 2.98. The Balaban J connectivity index is 2.15. The predicted octanol–water partition coefficient (Wildman–Crippen LogP) is 2.99. The molecule has 116 valence electrons. The topological polar surface area (TPSA) is 83.6 Å². The van der Waals surface area contributed by atoms with Gasteiger partial charge in [-0.25, -0.2) is 0 Å². The van der Waals surface area contributed by atoms with Gasteiger partial charge in [0.1, 0.15) is 4.32 Å². The van der Waals surface area contributed by atoms with E-state index in [9.17, 15) is 9.59 Å². The first-order chi connectivity index (χ1) is 10.4. The molecule has 1 aliphatic rings. The summed E-state index contributed by atoms with van der Waals surface area (Å²) in [6, 6.07) is 5.01. The highest BCUT2D eigenvalue weighted by molar-refractivity contribution is 8.26. The van der Waals surface area contributed by atoms with E-state index in [0.717, 1.165) is 0 Å². The average Bonchev–Trinajstić information content (AvgIpc) is 2.70. The third-order valence-corrected chi connectivity index (χ3v) is 4.59. The minimum Gasteiger partial charge on any atom is -0.481 e. The first kappa shape index (κ1) is 16.8. The predicted molar refractivity (Wildman–Crippen MR) is 92.6 cm³/mol. The second-order valence-electron chi connectivity index (χ2n) is 4.60. The van der Waals surface area contributed by atoms with Crippen molar-refractivity contribution in [3.05, 3.63) is 33.7 Å². The van der Waals surface area contributed by atoms with Gasteiger partial charge in [-0.15, -0.1) is 0 Å². The van der Waals surface area contributed by atoms with Gasteiger partial charge in [-0.1, -0.05) is 35.6 Å². The smallest absolute Gasteiger partial charge is 0.303 e. The number of carbonyl (C=O) groups excluding carboxylic acids is 1. The molecule has 1 aromatic rings. The molecule has 1 heterocycles. The van der Waals surface area contributed by atoms with Gasteiger partial charge >= 0.3 is 5.97 Å². The van der Waals surface area contributed by atoms with Gasteiger partial charge < -0.3 is 10.8 Å². The lowest BCUT2D eigenvalue weighted by Crippen LogP contribution is -2.29. The van der Waals surface area contributed by atoms with Crippen LogP contribution >= 0.6 is 35.6 Å². The van der Waals surface area contributed by atoms with Crippen LogP contribution in [0.4, 0.5) is 5.69 Å². The summed E-state index contributed by atoms with van der Waals surface area (Å²) in [7, 11) is 0. The van der Waals surface area contributed by atoms with E-state index in [2.05, 4.69) is 0 Å². The summed E-state index contributed by atoms with van der Waals surface area (Å²) in [5.41, 5.74) is 7.03. The Morgan fingerprint density at radius 1 is 1.50 bits per heavy atom. The first-order valence-electron chi connectivity index (χ1n) is 6.40. The molecule has 0 saturated carbocycles. The Labute approximate surface area is 142 Å². The molecule has 1 aromatic carbocycles. The van der Waals surface area contributed by atoms with E-state index in [1.165, 1.54) is 16.7 Å². The number of nitrogens with two attached hydrogens (primary N) is 1. The monoisotopic (exact) mass is 356 g/mol. The van der Waals surface area contributed by atoms with Crippen LogP contribution in [0, 0.1) is 0 Å². The first-order valence-corrected chi connectivity index (χ1v) is 8.01. The molecule has 5 nitrogen and oxygen atoms in total. The number of hydrogen-bond donors (Lipinski definition) is 2. The molecule has 8 heteroatoms. The highest BCUT2D eigenvalue weighted by Crippen LogP contribution is 2.34. The lowest BCUT2D eigenvalue weighted by Gasteiger charge is -2.13. The Morgan fingerprint density at radius 3 is 2.91 bits per heavy atom. The molecule has 2 rings (SSSR count). The minimum absolute atomic E-state index is 0.00263. The standard InChI is InChI=1S/C14H13ClN2O3S2/c15-9-3-4-10(16)8(6-9)7-11-13(20)17(14(21)22-11)5-1-2-12(18)19/h3-4,6-7H,1-2,5,16H2,(H,18,19). The van der Waals surface area contributed by atoms with Crippen LogP contribution in [-0.4, -0.2) is 32.7 Å². The second-order valence-corrected chi connectivity index (χ2v) is 6.72. The Bertz CT molecular complexity index is 676. The molecular formula is C14H13ClN2O3S2. The van der Waals surface area contributed by atoms with Crippen molar-refractivity contribution in [2.75, 3.05) is 12.3 Å². The lowest BCUT2D eigenvalue weighted by atomic mass is 10.1. The largest absolute Gasteiger partial charge is 0.481 e. The molecule has 0 unspecified atom stereocenters. The highest BCUT2D eigenvalue weighted by Gasteiger charge is 2.31. The number of carbonyl (C=O) groups is 2. The average molecular weight is 357 g/mol. The molecule has 1 fully saturated rings. The fourth-order valence-corrected chi connectivity index (χ4v) is 3.37. The maximum atomic E-state index is 12.3. The number of carboxylic acids is 1. The number of halogens is 1. The van der Waals surface area contributed by atoms with Gasteiger partial charge in [-0.3, -0.25) is 14.5 Å². The van der Waals surface area contributed by atoms with Gasteiger partial charge in [0.2, 0.25) is 0 Å². The number of anilines is 1. The molecule has 0 atom stereocenters. The molecule has 0 spiro atoms. The lowest BCUT2D eigenvalue weighted by molar-refractivity contribution is -0.137. The van der Waals surface area contributed by atoms with E-state index in [-0.39, 0.29) is 12.3 Å². The number of thioether (sulfide) groups is 1. The molecule has 3 N–H and O–H groups in total. The molecule has 0 bridgehead atoms. The Hall–Kier alpha value is -1.57. The molecule has 22 heavy (non-hydrogen) atoms. The van der Waals surface area contributed by atoms with Crippen LogP contribution in [0.1, 0.15) is 18.4 Å². The zero-order valence-corrected chi connectivity index (χ0v) is 13.8. The van der Waals surface area contributed by atoms with E-state index in [4.69, 9.17) is 34.7 Å². The summed E-state index contributed by atoms with van der Waals surface area (Å²) < 4.78 is 0.419. The summed E-state index contributed by atoms with van der Waals surface area (Å²) in [5.74, 6) is -1.13. The van der Waals surface area contributed by atoms with Gasteiger partial charge in [0.15, 0.2) is 0 Å². The molecule has 0 aliphatic carbocycles. The van der Waals surface area contributed by atoms with Crippen LogP contribution in [-0.2, 0) is 9.59 Å². The highest BCUT2D eigenvalue weighted by atomic mass is 35.5. The van der Waals surface area contributed by atoms with Crippen molar-refractivity contribution in [3.63, 3.8) is 0 Å². The van der Waals surface area contributed by atoms with Crippen LogP contribution in [0.15, 0.2) is 23.1 Å². The normalized spacial score (nSPS) is 16.6. The molecule has 0 radical (unpaired) electrons. The van der Waals surface area contributed by atoms with E-state index >= 15 is 0 Å². The SMILES string of the molecule is Nc1ccc(Cl)cc1C=C1SC(=S)N(CCCC(=O)O)C1=O. The third kappa shape index (κ3) is 4.00. The van der Waals surface area contributed by atoms with E-state index in [1.807, 2.05) is 0 Å². The Morgan fingerprint density at radius 2 is 2.23 bits per heavy atom. The summed E-state index contributed by atoms with van der Waals surface area (Å²) >= 11 is 12.3. The number of aliphatic carboxylic acids is 1. The zero-order valence-electron chi connectivity index (χ0n) is 11.4. The molecule has 1 saturated heterocycles. The maximum Gasteiger partial charge on any atom is 0.303 e. The zero-order chi connectivity index (χ0) is 16.3. The van der Waals surface area contributed by atoms with Crippen molar-refractivity contribution < 1.29 is 14.7 Å². The van der Waals surface area contributed by atoms with Crippen molar-refractivity contribution in [1.82, 2.24) is 4.90 Å². The second kappa shape index (κ2) is 7.13. The summed E-state index contributed by atoms with van der Waals surface area (Å²) in [4.78, 5) is 24.7. The van der Waals surface area contributed by atoms with Gasteiger partial charge in [0, 0.05) is 29.2 Å². The van der Waals surface area contributed by atoms with E-state index < -0.39 is 5.97 Å². The number of rotatable bonds is 5. The summed E-state index contributed by atoms with van der Waals surface area (Å²) in [6.45, 7) is 0.291. The van der Waals surface area contributed by atoms with Crippen LogP contribution in [0.2, 0.25) is 5.02 Å². The van der Waals surface area contributed by atoms with Crippen LogP contribution in [0.25, 0.3) is 6.08 Å². The van der Waals surface area contributed by atoms with Gasteiger partial charge in [-0.2, -0.15) is 0 Å². The molecule has 1 aliphatic heterocycles. The van der Waals surface area contributed by atoms with Gasteiger partial charge in [0.05, 0.1) is 4.91 Å². The molecular weight excluding hydrogens is 344 g/mol. The van der Waals surface area contributed by atoms with Crippen LogP contribution < -0.4 is 5.73 Å². The van der Waals surface area contributed by atoms with Gasteiger partial charge in [0.25, 0.3) is 5.91 Å².